The fourth-order valence-electron chi connectivity index (χ4n) is 2.77. The molecule has 0 aliphatic carbocycles. The van der Waals surface area contributed by atoms with Gasteiger partial charge < -0.3 is 0 Å². The van der Waals surface area contributed by atoms with Crippen LogP contribution in [-0.4, -0.2) is 29.7 Å². The number of rotatable bonds is 1. The van der Waals surface area contributed by atoms with Gasteiger partial charge in [0.05, 0.1) is 0 Å². The zero-order valence-corrected chi connectivity index (χ0v) is 15.4. The molecule has 0 radical (unpaired) electrons. The minimum atomic E-state index is -3.14. The van der Waals surface area contributed by atoms with Crippen LogP contribution in [0.3, 0.4) is 0 Å². The van der Waals surface area contributed by atoms with Crippen LogP contribution >= 0.6 is 0 Å². The molecule has 0 saturated heterocycles. The van der Waals surface area contributed by atoms with Crippen molar-refractivity contribution in [2.75, 3.05) is 0 Å². The summed E-state index contributed by atoms with van der Waals surface area (Å²) in [5, 5.41) is 0. The van der Waals surface area contributed by atoms with E-state index >= 15 is 0 Å². The van der Waals surface area contributed by atoms with Crippen molar-refractivity contribution >= 4 is 23.8 Å². The van der Waals surface area contributed by atoms with Crippen molar-refractivity contribution < 1.29 is 13.2 Å². The predicted octanol–water partition coefficient (Wildman–Crippen LogP) is 2.04. The van der Waals surface area contributed by atoms with E-state index in [1.54, 1.807) is 0 Å². The third-order valence-corrected chi connectivity index (χ3v) is 6.62. The van der Waals surface area contributed by atoms with E-state index in [9.17, 15) is 8.42 Å². The third kappa shape index (κ3) is 2.57. The maximum atomic E-state index is 12.0. The second-order valence-electron chi connectivity index (χ2n) is 5.92. The Morgan fingerprint density at radius 2 is 1.68 bits per heavy atom. The van der Waals surface area contributed by atoms with Gasteiger partial charge in [-0.25, -0.2) is 0 Å². The van der Waals surface area contributed by atoms with Gasteiger partial charge >= 0.3 is 123 Å². The van der Waals surface area contributed by atoms with Crippen LogP contribution in [0.25, 0.3) is 0 Å². The van der Waals surface area contributed by atoms with Gasteiger partial charge in [0, 0.05) is 0 Å². The van der Waals surface area contributed by atoms with E-state index < -0.39 is 8.10 Å². The van der Waals surface area contributed by atoms with Crippen LogP contribution in [0, 0.1) is 20.8 Å². The van der Waals surface area contributed by atoms with Gasteiger partial charge in [0.1, 0.15) is 0 Å². The molecular formula is C14H21AsO3S. The maximum absolute atomic E-state index is 12.0. The van der Waals surface area contributed by atoms with Gasteiger partial charge in [-0.05, 0) is 0 Å². The van der Waals surface area contributed by atoms with Gasteiger partial charge in [0.25, 0.3) is 0 Å². The number of hydrogen-bond acceptors (Lipinski definition) is 3. The molecule has 0 saturated carbocycles. The molecule has 2 rings (SSSR count). The minimum absolute atomic E-state index is 0.173. The van der Waals surface area contributed by atoms with Crippen LogP contribution in [-0.2, 0) is 14.5 Å². The van der Waals surface area contributed by atoms with E-state index in [1.807, 2.05) is 20.8 Å². The van der Waals surface area contributed by atoms with Gasteiger partial charge in [0.2, 0.25) is 0 Å². The fourth-order valence-corrected chi connectivity index (χ4v) is 6.13. The molecule has 0 bridgehead atoms. The van der Waals surface area contributed by atoms with E-state index in [0.29, 0.717) is 4.90 Å². The normalized spacial score (nSPS) is 17.8. The molecule has 1 unspecified atom stereocenters. The summed E-state index contributed by atoms with van der Waals surface area (Å²) >= 11 is 0.771. The van der Waals surface area contributed by atoms with E-state index in [1.165, 1.54) is 0 Å². The fraction of sp³-hybridized carbons (Fsp3) is 0.571. The summed E-state index contributed by atoms with van der Waals surface area (Å²) in [5.41, 5.74) is 3.56. The first-order valence-corrected chi connectivity index (χ1v) is 10.9. The standard InChI is InChI=1S/C14H21AsO3S/c1-8-9(2)13(19(15,16)17)10(3)11-6-7-14(4,5)18-12(8)11/h6-7,15H2,1-5H3. The quantitative estimate of drug-likeness (QED) is 0.733. The molecule has 106 valence electrons. The predicted molar refractivity (Wildman–Crippen MR) is 79.4 cm³/mol. The number of fused-ring (bicyclic) bond motifs is 1. The monoisotopic (exact) mass is 344 g/mol. The van der Waals surface area contributed by atoms with E-state index in [2.05, 4.69) is 13.8 Å². The molecule has 1 aliphatic rings. The molecule has 0 amide bonds. The third-order valence-electron chi connectivity index (χ3n) is 3.95. The first-order chi connectivity index (χ1) is 8.54. The molecule has 1 atom stereocenters. The first-order valence-electron chi connectivity index (χ1n) is 6.39. The molecule has 19 heavy (non-hydrogen) atoms. The van der Waals surface area contributed by atoms with Gasteiger partial charge in [-0.2, -0.15) is 0 Å². The average Bonchev–Trinajstić information content (AvgIpc) is 2.23. The summed E-state index contributed by atoms with van der Waals surface area (Å²) in [4.78, 5) is 0.507. The van der Waals surface area contributed by atoms with E-state index in [0.717, 1.165) is 56.5 Å². The number of ether oxygens (including phenoxy) is 1. The van der Waals surface area contributed by atoms with Crippen LogP contribution in [0.4, 0.5) is 0 Å². The van der Waals surface area contributed by atoms with Gasteiger partial charge in [0.15, 0.2) is 0 Å². The molecule has 0 N–H and O–H groups in total. The van der Waals surface area contributed by atoms with Crippen LogP contribution in [0.5, 0.6) is 5.75 Å². The van der Waals surface area contributed by atoms with Crippen molar-refractivity contribution in [2.45, 2.75) is 58.0 Å². The molecular weight excluding hydrogens is 323 g/mol. The SMILES string of the molecule is Cc1c(C)c(S(=O)(=O)[AsH2])c(C)c2c1OC(C)(C)CC2. The molecule has 1 aromatic carbocycles. The molecule has 0 spiro atoms. The van der Waals surface area contributed by atoms with Crippen molar-refractivity contribution in [1.29, 1.82) is 0 Å². The van der Waals surface area contributed by atoms with Crippen LogP contribution < -0.4 is 4.74 Å². The van der Waals surface area contributed by atoms with Crippen molar-refractivity contribution in [3.05, 3.63) is 22.3 Å². The number of hydrogen-bond donors (Lipinski definition) is 0. The van der Waals surface area contributed by atoms with E-state index in [4.69, 9.17) is 4.74 Å². The summed E-state index contributed by atoms with van der Waals surface area (Å²) in [7, 11) is -3.14. The summed E-state index contributed by atoms with van der Waals surface area (Å²) in [6.45, 7) is 9.89. The second-order valence-corrected chi connectivity index (χ2v) is 11.3. The number of benzene rings is 1. The zero-order chi connectivity index (χ0) is 14.6. The van der Waals surface area contributed by atoms with Crippen LogP contribution in [0.1, 0.15) is 42.5 Å². The Morgan fingerprint density at radius 3 is 2.21 bits per heavy atom. The molecule has 1 aromatic rings. The van der Waals surface area contributed by atoms with Crippen LogP contribution in [0.2, 0.25) is 0 Å². The van der Waals surface area contributed by atoms with Crippen molar-refractivity contribution in [1.82, 2.24) is 0 Å². The zero-order valence-electron chi connectivity index (χ0n) is 12.1. The second kappa shape index (κ2) is 4.53. The molecule has 3 nitrogen and oxygen atoms in total. The Kier molecular flexibility index (Phi) is 3.56. The summed E-state index contributed by atoms with van der Waals surface area (Å²) in [6, 6.07) is 0. The first kappa shape index (κ1) is 14.9. The van der Waals surface area contributed by atoms with Crippen LogP contribution in [0.15, 0.2) is 4.90 Å². The molecule has 0 fully saturated rings. The molecule has 5 heteroatoms. The van der Waals surface area contributed by atoms with E-state index in [-0.39, 0.29) is 5.60 Å². The molecule has 0 aromatic heterocycles. The summed E-state index contributed by atoms with van der Waals surface area (Å²) in [6.07, 6.45) is 1.79. The van der Waals surface area contributed by atoms with Gasteiger partial charge in [-0.15, -0.1) is 0 Å². The van der Waals surface area contributed by atoms with Gasteiger partial charge in [-0.3, -0.25) is 0 Å². The molecule has 1 heterocycles. The topological polar surface area (TPSA) is 43.4 Å². The summed E-state index contributed by atoms with van der Waals surface area (Å²) in [5.74, 6) is 0.895. The Balaban J connectivity index is 2.78. The van der Waals surface area contributed by atoms with Crippen molar-refractivity contribution in [2.24, 2.45) is 0 Å². The van der Waals surface area contributed by atoms with Gasteiger partial charge in [-0.1, -0.05) is 0 Å². The van der Waals surface area contributed by atoms with Crippen molar-refractivity contribution in [3.63, 3.8) is 0 Å². The molecule has 1 aliphatic heterocycles. The van der Waals surface area contributed by atoms with Crippen molar-refractivity contribution in [3.8, 4) is 5.75 Å². The Hall–Kier alpha value is -0.472. The Morgan fingerprint density at radius 1 is 1.11 bits per heavy atom. The Bertz CT molecular complexity index is 645. The Labute approximate surface area is 123 Å². The summed E-state index contributed by atoms with van der Waals surface area (Å²) < 4.78 is 30.1. The average molecular weight is 344 g/mol.